The molecule has 6 nitrogen and oxygen atoms in total. The molecule has 0 amide bonds. The molecule has 0 rings (SSSR count). The number of aliphatic hydroxyl groups is 1. The molecule has 0 aliphatic carbocycles. The van der Waals surface area contributed by atoms with Gasteiger partial charge in [-0.2, -0.15) is 0 Å². The molecule has 0 aliphatic heterocycles. The van der Waals surface area contributed by atoms with Crippen LogP contribution < -0.4 is 0 Å². The fourth-order valence-electron chi connectivity index (χ4n) is 8.25. The maximum absolute atomic E-state index is 13.0. The van der Waals surface area contributed by atoms with Crippen LogP contribution in [0.2, 0.25) is 19.1 Å². The molecule has 58 heavy (non-hydrogen) atoms. The van der Waals surface area contributed by atoms with E-state index in [1.165, 1.54) is 173 Å². The minimum absolute atomic E-state index is 0.00157. The molecule has 7 heteroatoms. The molecule has 2 atom stereocenters. The topological polar surface area (TPSA) is 68.2 Å². The van der Waals surface area contributed by atoms with Gasteiger partial charge in [0, 0.05) is 13.2 Å². The molecule has 0 saturated carbocycles. The van der Waals surface area contributed by atoms with Gasteiger partial charge in [-0.3, -0.25) is 4.79 Å². The third-order valence-corrected chi connectivity index (χ3v) is 14.6. The zero-order chi connectivity index (χ0) is 42.6. The number of ether oxygens (including phenoxy) is 2. The second kappa shape index (κ2) is 44.6. The second-order valence-electron chi connectivity index (χ2n) is 18.6. The first-order chi connectivity index (χ1) is 28.3. The zero-order valence-electron chi connectivity index (χ0n) is 40.4. The van der Waals surface area contributed by atoms with E-state index in [9.17, 15) is 9.90 Å². The summed E-state index contributed by atoms with van der Waals surface area (Å²) in [6.07, 6.45) is 42.8. The first-order valence-corrected chi connectivity index (χ1v) is 29.2. The summed E-state index contributed by atoms with van der Waals surface area (Å²) in [5, 5.41) is 9.35. The Morgan fingerprint density at radius 2 is 0.879 bits per heavy atom. The number of hydrogen-bond acceptors (Lipinski definition) is 6. The van der Waals surface area contributed by atoms with E-state index in [2.05, 4.69) is 45.7 Å². The van der Waals surface area contributed by atoms with Crippen LogP contribution in [-0.4, -0.2) is 70.0 Å². The van der Waals surface area contributed by atoms with Crippen molar-refractivity contribution in [3.8, 4) is 0 Å². The summed E-state index contributed by atoms with van der Waals surface area (Å²) in [4.78, 5) is 15.6. The lowest BCUT2D eigenvalue weighted by Gasteiger charge is -2.29. The predicted molar refractivity (Wildman–Crippen MR) is 255 cm³/mol. The molecule has 348 valence electrons. The van der Waals surface area contributed by atoms with E-state index in [1.54, 1.807) is 0 Å². The Balaban J connectivity index is 4.33. The number of carbonyl (C=O) groups is 1. The molecule has 0 heterocycles. The number of unbranched alkanes of at least 4 members (excludes halogenated alkanes) is 25. The molecule has 0 aliphatic rings. The van der Waals surface area contributed by atoms with E-state index in [-0.39, 0.29) is 18.2 Å². The van der Waals surface area contributed by atoms with Gasteiger partial charge in [-0.05, 0) is 103 Å². The van der Waals surface area contributed by atoms with Gasteiger partial charge in [0.05, 0.1) is 12.5 Å². The molecule has 1 N–H and O–H groups in total. The number of nitrogens with zero attached hydrogens (tertiary/aromatic N) is 1. The number of carbonyl (C=O) groups excluding carboxylic acids is 1. The van der Waals surface area contributed by atoms with E-state index in [0.29, 0.717) is 13.2 Å². The Kier molecular flexibility index (Phi) is 44.2. The van der Waals surface area contributed by atoms with Gasteiger partial charge in [0.15, 0.2) is 8.32 Å². The molecule has 0 aromatic rings. The second-order valence-corrected chi connectivity index (χ2v) is 22.9. The largest absolute Gasteiger partial charge is 0.465 e. The molecule has 2 unspecified atom stereocenters. The van der Waals surface area contributed by atoms with E-state index < -0.39 is 8.32 Å². The van der Waals surface area contributed by atoms with Crippen LogP contribution in [0.15, 0.2) is 0 Å². The minimum Gasteiger partial charge on any atom is -0.465 e. The smallest absolute Gasteiger partial charge is 0.308 e. The van der Waals surface area contributed by atoms with Gasteiger partial charge < -0.3 is 23.9 Å². The van der Waals surface area contributed by atoms with Crippen LogP contribution in [0.25, 0.3) is 0 Å². The van der Waals surface area contributed by atoms with Gasteiger partial charge >= 0.3 is 5.97 Å². The van der Waals surface area contributed by atoms with E-state index in [1.807, 2.05) is 0 Å². The van der Waals surface area contributed by atoms with Gasteiger partial charge in [-0.25, -0.2) is 0 Å². The normalized spacial score (nSPS) is 13.1. The molecule has 0 fully saturated rings. The Bertz CT molecular complexity index is 829. The summed E-state index contributed by atoms with van der Waals surface area (Å²) in [5.74, 6) is 0.174. The highest BCUT2D eigenvalue weighted by Gasteiger charge is 2.26. The van der Waals surface area contributed by atoms with Gasteiger partial charge in [0.2, 0.25) is 0 Å². The summed E-state index contributed by atoms with van der Waals surface area (Å²) in [6, 6.07) is 1.25. The number of hydrogen-bond donors (Lipinski definition) is 1. The van der Waals surface area contributed by atoms with Crippen molar-refractivity contribution >= 4 is 14.3 Å². The molecule has 0 radical (unpaired) electrons. The number of esters is 1. The number of rotatable bonds is 48. The third kappa shape index (κ3) is 39.7. The van der Waals surface area contributed by atoms with Gasteiger partial charge in [-0.1, -0.05) is 188 Å². The lowest BCUT2D eigenvalue weighted by Crippen LogP contribution is -2.36. The SMILES string of the molecule is CCCCCCCCC(CCCCCC)C(=O)OCCCCCCN(CCCCO)CCCCCCCCCOC(CCCCCCC)O[Si](C)(C)CCCCCC. The highest BCUT2D eigenvalue weighted by Crippen LogP contribution is 2.23. The standard InChI is InChI=1S/C51H105NO5Si/c1-7-11-15-19-24-30-40-49(39-29-17-13-9-3)51(54)56-47-37-28-26-33-43-52(44-34-35-45-53)42-32-25-21-20-22-27-36-46-55-50(41-31-23-16-12-8-2)57-58(5,6)48-38-18-14-10-4/h49-50,53H,7-48H2,1-6H3. The predicted octanol–water partition coefficient (Wildman–Crippen LogP) is 15.7. The first kappa shape index (κ1) is 57.5. The van der Waals surface area contributed by atoms with Crippen LogP contribution in [-0.2, 0) is 18.7 Å². The van der Waals surface area contributed by atoms with Crippen LogP contribution in [0, 0.1) is 5.92 Å². The average molecular weight is 840 g/mol. The van der Waals surface area contributed by atoms with Gasteiger partial charge in [-0.15, -0.1) is 0 Å². The molecule has 0 aromatic heterocycles. The van der Waals surface area contributed by atoms with Crippen LogP contribution in [0.3, 0.4) is 0 Å². The lowest BCUT2D eigenvalue weighted by molar-refractivity contribution is -0.149. The minimum atomic E-state index is -1.69. The van der Waals surface area contributed by atoms with Crippen molar-refractivity contribution in [1.82, 2.24) is 4.90 Å². The van der Waals surface area contributed by atoms with Crippen molar-refractivity contribution in [2.75, 3.05) is 39.5 Å². The van der Waals surface area contributed by atoms with Crippen LogP contribution in [0.5, 0.6) is 0 Å². The average Bonchev–Trinajstić information content (AvgIpc) is 3.21. The van der Waals surface area contributed by atoms with Crippen LogP contribution in [0.4, 0.5) is 0 Å². The van der Waals surface area contributed by atoms with Gasteiger partial charge in [0.25, 0.3) is 0 Å². The van der Waals surface area contributed by atoms with E-state index >= 15 is 0 Å². The molecular weight excluding hydrogens is 735 g/mol. The van der Waals surface area contributed by atoms with Gasteiger partial charge in [0.1, 0.15) is 6.29 Å². The Hall–Kier alpha value is -0.473. The van der Waals surface area contributed by atoms with Crippen molar-refractivity contribution in [1.29, 1.82) is 0 Å². The summed E-state index contributed by atoms with van der Waals surface area (Å²) in [6.45, 7) is 19.0. The Morgan fingerprint density at radius 3 is 1.40 bits per heavy atom. The summed E-state index contributed by atoms with van der Waals surface area (Å²) < 4.78 is 19.0. The molecule has 0 aromatic carbocycles. The summed E-state index contributed by atoms with van der Waals surface area (Å²) in [5.41, 5.74) is 0. The van der Waals surface area contributed by atoms with Crippen LogP contribution in [0.1, 0.15) is 252 Å². The van der Waals surface area contributed by atoms with Crippen molar-refractivity contribution in [3.05, 3.63) is 0 Å². The monoisotopic (exact) mass is 840 g/mol. The first-order valence-electron chi connectivity index (χ1n) is 26.1. The number of aliphatic hydroxyl groups excluding tert-OH is 1. The van der Waals surface area contributed by atoms with Crippen molar-refractivity contribution in [2.45, 2.75) is 278 Å². The molecule has 0 spiro atoms. The van der Waals surface area contributed by atoms with Crippen LogP contribution >= 0.6 is 0 Å². The van der Waals surface area contributed by atoms with Crippen molar-refractivity contribution in [2.24, 2.45) is 5.92 Å². The van der Waals surface area contributed by atoms with Crippen molar-refractivity contribution in [3.63, 3.8) is 0 Å². The van der Waals surface area contributed by atoms with Crippen molar-refractivity contribution < 1.29 is 23.8 Å². The Labute approximate surface area is 365 Å². The maximum Gasteiger partial charge on any atom is 0.308 e. The van der Waals surface area contributed by atoms with E-state index in [0.717, 1.165) is 83.9 Å². The quantitative estimate of drug-likeness (QED) is 0.0285. The summed E-state index contributed by atoms with van der Waals surface area (Å²) >= 11 is 0. The fraction of sp³-hybridized carbons (Fsp3) is 0.980. The highest BCUT2D eigenvalue weighted by atomic mass is 28.4. The summed E-state index contributed by atoms with van der Waals surface area (Å²) in [7, 11) is -1.69. The molecule has 0 bridgehead atoms. The highest BCUT2D eigenvalue weighted by molar-refractivity contribution is 6.71. The van der Waals surface area contributed by atoms with E-state index in [4.69, 9.17) is 13.9 Å². The third-order valence-electron chi connectivity index (χ3n) is 12.2. The Morgan fingerprint density at radius 1 is 0.483 bits per heavy atom. The molecular formula is C51H105NO5Si. The molecule has 0 saturated heterocycles. The maximum atomic E-state index is 13.0. The fourth-order valence-corrected chi connectivity index (χ4v) is 10.4. The lowest BCUT2D eigenvalue weighted by atomic mass is 9.94. The zero-order valence-corrected chi connectivity index (χ0v) is 41.4.